The predicted octanol–water partition coefficient (Wildman–Crippen LogP) is 5.54. The van der Waals surface area contributed by atoms with Gasteiger partial charge in [-0.15, -0.1) is 0 Å². The number of alkyl halides is 3. The highest BCUT2D eigenvalue weighted by atomic mass is 35.5. The Morgan fingerprint density at radius 2 is 1.84 bits per heavy atom. The molecule has 31 heavy (non-hydrogen) atoms. The molecule has 3 aromatic rings. The molecule has 0 bridgehead atoms. The van der Waals surface area contributed by atoms with Crippen LogP contribution in [0.2, 0.25) is 5.15 Å². The third-order valence-corrected chi connectivity index (χ3v) is 4.62. The minimum absolute atomic E-state index is 0.0420. The summed E-state index contributed by atoms with van der Waals surface area (Å²) in [5.41, 5.74) is -0.978. The summed E-state index contributed by atoms with van der Waals surface area (Å²) in [6.45, 7) is 1.57. The van der Waals surface area contributed by atoms with Crippen molar-refractivity contribution in [2.24, 2.45) is 0 Å². The second kappa shape index (κ2) is 8.62. The van der Waals surface area contributed by atoms with E-state index in [-0.39, 0.29) is 10.7 Å². The molecule has 10 heteroatoms. The molecule has 0 unspecified atom stereocenters. The molecule has 0 saturated heterocycles. The Labute approximate surface area is 179 Å². The van der Waals surface area contributed by atoms with Gasteiger partial charge in [-0.2, -0.15) is 23.5 Å². The molecule has 1 N–H and O–H groups in total. The maximum absolute atomic E-state index is 13.2. The Morgan fingerprint density at radius 3 is 2.45 bits per heavy atom. The van der Waals surface area contributed by atoms with Gasteiger partial charge >= 0.3 is 6.18 Å². The fourth-order valence-corrected chi connectivity index (χ4v) is 3.08. The van der Waals surface area contributed by atoms with E-state index < -0.39 is 34.7 Å². The van der Waals surface area contributed by atoms with Crippen molar-refractivity contribution in [1.29, 1.82) is 5.26 Å². The first-order valence-electron chi connectivity index (χ1n) is 8.72. The first-order valence-corrected chi connectivity index (χ1v) is 9.10. The highest BCUT2D eigenvalue weighted by Crippen LogP contribution is 2.35. The second-order valence-electron chi connectivity index (χ2n) is 6.35. The van der Waals surface area contributed by atoms with Crippen molar-refractivity contribution in [2.75, 3.05) is 5.32 Å². The van der Waals surface area contributed by atoms with Gasteiger partial charge in [0.15, 0.2) is 0 Å². The number of nitriles is 1. The molecule has 0 atom stereocenters. The van der Waals surface area contributed by atoms with E-state index in [1.165, 1.54) is 41.1 Å². The summed E-state index contributed by atoms with van der Waals surface area (Å²) in [6.07, 6.45) is -3.55. The van der Waals surface area contributed by atoms with Crippen LogP contribution < -0.4 is 5.32 Å². The lowest BCUT2D eigenvalue weighted by molar-refractivity contribution is -0.137. The minimum Gasteiger partial charge on any atom is -0.321 e. The third-order valence-electron chi connectivity index (χ3n) is 4.25. The van der Waals surface area contributed by atoms with Gasteiger partial charge in [-0.1, -0.05) is 23.7 Å². The number of hydrogen-bond acceptors (Lipinski definition) is 3. The van der Waals surface area contributed by atoms with Gasteiger partial charge in [-0.3, -0.25) is 4.79 Å². The number of aryl methyl sites for hydroxylation is 1. The largest absolute Gasteiger partial charge is 0.418 e. The van der Waals surface area contributed by atoms with Gasteiger partial charge < -0.3 is 5.32 Å². The zero-order chi connectivity index (χ0) is 22.8. The minimum atomic E-state index is -4.68. The van der Waals surface area contributed by atoms with Gasteiger partial charge in [-0.25, -0.2) is 9.07 Å². The Kier molecular flexibility index (Phi) is 6.13. The van der Waals surface area contributed by atoms with Gasteiger partial charge in [0.1, 0.15) is 22.6 Å². The quantitative estimate of drug-likeness (QED) is 0.324. The number of carbonyl (C=O) groups is 1. The molecule has 0 saturated carbocycles. The van der Waals surface area contributed by atoms with Gasteiger partial charge in [0.05, 0.1) is 22.6 Å². The van der Waals surface area contributed by atoms with Crippen LogP contribution in [-0.4, -0.2) is 15.7 Å². The molecule has 3 rings (SSSR count). The van der Waals surface area contributed by atoms with Gasteiger partial charge in [0.25, 0.3) is 5.91 Å². The van der Waals surface area contributed by atoms with Crippen molar-refractivity contribution in [2.45, 2.75) is 13.1 Å². The molecule has 5 nitrogen and oxygen atoms in total. The summed E-state index contributed by atoms with van der Waals surface area (Å²) in [6, 6.07) is 11.4. The number of halogens is 5. The molecular formula is C21H13ClF4N4O. The number of benzene rings is 2. The summed E-state index contributed by atoms with van der Waals surface area (Å²) in [7, 11) is 0. The van der Waals surface area contributed by atoms with E-state index >= 15 is 0 Å². The molecule has 0 aliphatic carbocycles. The molecule has 0 radical (unpaired) electrons. The molecule has 1 heterocycles. The molecule has 0 aliphatic heterocycles. The van der Waals surface area contributed by atoms with Crippen LogP contribution in [0.15, 0.2) is 54.1 Å². The van der Waals surface area contributed by atoms with Crippen LogP contribution in [0, 0.1) is 24.1 Å². The Hall–Kier alpha value is -3.64. The van der Waals surface area contributed by atoms with E-state index in [1.54, 1.807) is 13.0 Å². The average molecular weight is 449 g/mol. The van der Waals surface area contributed by atoms with Crippen LogP contribution in [0.3, 0.4) is 0 Å². The number of anilines is 1. The zero-order valence-corrected chi connectivity index (χ0v) is 16.6. The lowest BCUT2D eigenvalue weighted by atomic mass is 10.1. The number of nitrogens with one attached hydrogen (secondary N) is 1. The van der Waals surface area contributed by atoms with Crippen LogP contribution in [0.4, 0.5) is 23.2 Å². The second-order valence-corrected chi connectivity index (χ2v) is 6.70. The summed E-state index contributed by atoms with van der Waals surface area (Å²) >= 11 is 6.33. The number of amides is 1. The third kappa shape index (κ3) is 4.75. The van der Waals surface area contributed by atoms with Crippen molar-refractivity contribution >= 4 is 29.3 Å². The summed E-state index contributed by atoms with van der Waals surface area (Å²) in [5.74, 6) is -1.49. The number of nitrogens with zero attached hydrogens (tertiary/aromatic N) is 3. The fraction of sp³-hybridized carbons (Fsp3) is 0.0952. The highest BCUT2D eigenvalue weighted by Gasteiger charge is 2.33. The number of hydrogen-bond donors (Lipinski definition) is 1. The number of para-hydroxylation sites is 1. The summed E-state index contributed by atoms with van der Waals surface area (Å²) in [4.78, 5) is 12.5. The number of aromatic nitrogens is 2. The standard InChI is InChI=1S/C21H13ClF4N4O/c1-12-16(19(22)30(29-12)15-8-6-14(23)7-9-15)10-13(11-27)20(31)28-18-5-3-2-4-17(18)21(24,25)26/h2-10H,1H3,(H,28,31)/b13-10+. The van der Waals surface area contributed by atoms with E-state index in [0.29, 0.717) is 11.4 Å². The van der Waals surface area contributed by atoms with Crippen LogP contribution in [0.5, 0.6) is 0 Å². The molecule has 1 amide bonds. The molecule has 2 aromatic carbocycles. The highest BCUT2D eigenvalue weighted by molar-refractivity contribution is 6.31. The lowest BCUT2D eigenvalue weighted by Gasteiger charge is -2.13. The SMILES string of the molecule is Cc1nn(-c2ccc(F)cc2)c(Cl)c1/C=C(\C#N)C(=O)Nc1ccccc1C(F)(F)F. The van der Waals surface area contributed by atoms with Crippen molar-refractivity contribution in [3.8, 4) is 11.8 Å². The van der Waals surface area contributed by atoms with Crippen molar-refractivity contribution in [3.05, 3.63) is 81.9 Å². The lowest BCUT2D eigenvalue weighted by Crippen LogP contribution is -2.17. The van der Waals surface area contributed by atoms with Gasteiger partial charge in [0, 0.05) is 5.56 Å². The van der Waals surface area contributed by atoms with Crippen LogP contribution in [-0.2, 0) is 11.0 Å². The molecule has 0 aliphatic rings. The molecule has 158 valence electrons. The van der Waals surface area contributed by atoms with E-state index in [9.17, 15) is 27.6 Å². The predicted molar refractivity (Wildman–Crippen MR) is 107 cm³/mol. The van der Waals surface area contributed by atoms with E-state index in [0.717, 1.165) is 18.2 Å². The fourth-order valence-electron chi connectivity index (χ4n) is 2.75. The Morgan fingerprint density at radius 1 is 1.19 bits per heavy atom. The van der Waals surface area contributed by atoms with Crippen LogP contribution in [0.1, 0.15) is 16.8 Å². The topological polar surface area (TPSA) is 70.7 Å². The summed E-state index contributed by atoms with van der Waals surface area (Å²) in [5, 5.41) is 15.8. The number of rotatable bonds is 4. The van der Waals surface area contributed by atoms with E-state index in [1.807, 2.05) is 0 Å². The molecule has 0 spiro atoms. The maximum Gasteiger partial charge on any atom is 0.418 e. The molecule has 1 aromatic heterocycles. The normalized spacial score (nSPS) is 11.8. The van der Waals surface area contributed by atoms with E-state index in [4.69, 9.17) is 11.6 Å². The first kappa shape index (κ1) is 22.1. The summed E-state index contributed by atoms with van der Waals surface area (Å²) < 4.78 is 53.9. The number of carbonyl (C=O) groups excluding carboxylic acids is 1. The Bertz CT molecular complexity index is 1210. The zero-order valence-electron chi connectivity index (χ0n) is 15.8. The van der Waals surface area contributed by atoms with Crippen LogP contribution >= 0.6 is 11.6 Å². The average Bonchev–Trinajstić information content (AvgIpc) is 3.00. The van der Waals surface area contributed by atoms with Crippen molar-refractivity contribution < 1.29 is 22.4 Å². The van der Waals surface area contributed by atoms with Crippen molar-refractivity contribution in [3.63, 3.8) is 0 Å². The molecule has 0 fully saturated rings. The van der Waals surface area contributed by atoms with Crippen molar-refractivity contribution in [1.82, 2.24) is 9.78 Å². The first-order chi connectivity index (χ1) is 14.6. The molecular weight excluding hydrogens is 436 g/mol. The smallest absolute Gasteiger partial charge is 0.321 e. The van der Waals surface area contributed by atoms with Gasteiger partial charge in [-0.05, 0) is 49.4 Å². The van der Waals surface area contributed by atoms with E-state index in [2.05, 4.69) is 10.4 Å². The maximum atomic E-state index is 13.2. The Balaban J connectivity index is 1.95. The van der Waals surface area contributed by atoms with Gasteiger partial charge in [0.2, 0.25) is 0 Å². The monoisotopic (exact) mass is 448 g/mol. The van der Waals surface area contributed by atoms with Crippen LogP contribution in [0.25, 0.3) is 11.8 Å².